The molecule has 3 aliphatic heterocycles. The first kappa shape index (κ1) is 33.7. The molecule has 0 aliphatic carbocycles. The highest BCUT2D eigenvalue weighted by Gasteiger charge is 2.47. The molecule has 4 atom stereocenters. The molecule has 3 N–H and O–H groups in total. The molecule has 2 saturated heterocycles. The molecule has 10 nitrogen and oxygen atoms in total. The SMILES string of the molecule is CCCCCC(CCc1cccc(CN)c1)C(=O)CN1C[C@H](c2ccc3c(c2)OCO3)[C@@H](C(=O)O)[C@@H]1CCN1CCCN(C)C1=O. The third kappa shape index (κ3) is 8.01. The van der Waals surface area contributed by atoms with E-state index in [0.29, 0.717) is 44.1 Å². The predicted molar refractivity (Wildman–Crippen MR) is 176 cm³/mol. The minimum atomic E-state index is -0.885. The zero-order valence-electron chi connectivity index (χ0n) is 27.4. The van der Waals surface area contributed by atoms with Crippen molar-refractivity contribution in [1.82, 2.24) is 14.7 Å². The van der Waals surface area contributed by atoms with Crippen LogP contribution in [0.4, 0.5) is 4.79 Å². The van der Waals surface area contributed by atoms with Crippen molar-refractivity contribution in [3.63, 3.8) is 0 Å². The highest BCUT2D eigenvalue weighted by atomic mass is 16.7. The van der Waals surface area contributed by atoms with E-state index in [0.717, 1.165) is 62.6 Å². The number of nitrogens with zero attached hydrogens (tertiary/aromatic N) is 3. The number of urea groups is 1. The molecule has 0 saturated carbocycles. The Hall–Kier alpha value is -3.63. The van der Waals surface area contributed by atoms with E-state index in [1.807, 2.05) is 35.2 Å². The van der Waals surface area contributed by atoms with Gasteiger partial charge in [0, 0.05) is 57.6 Å². The van der Waals surface area contributed by atoms with E-state index in [-0.39, 0.29) is 37.0 Å². The number of aliphatic carboxylic acids is 1. The number of aryl methyl sites for hydroxylation is 1. The number of ether oxygens (including phenoxy) is 2. The molecular weight excluding hydrogens is 584 g/mol. The normalized spacial score (nSPS) is 22.0. The van der Waals surface area contributed by atoms with Gasteiger partial charge in [0.2, 0.25) is 6.79 Å². The number of rotatable bonds is 16. The van der Waals surface area contributed by atoms with Gasteiger partial charge in [-0.1, -0.05) is 56.5 Å². The maximum absolute atomic E-state index is 14.1. The van der Waals surface area contributed by atoms with Crippen LogP contribution in [-0.2, 0) is 22.6 Å². The second-order valence-corrected chi connectivity index (χ2v) is 13.1. The van der Waals surface area contributed by atoms with Gasteiger partial charge >= 0.3 is 12.0 Å². The lowest BCUT2D eigenvalue weighted by molar-refractivity contribution is -0.143. The van der Waals surface area contributed by atoms with Crippen LogP contribution in [0.3, 0.4) is 0 Å². The average Bonchev–Trinajstić information content (AvgIpc) is 3.67. The summed E-state index contributed by atoms with van der Waals surface area (Å²) in [6, 6.07) is 13.5. The Kier molecular flexibility index (Phi) is 11.6. The largest absolute Gasteiger partial charge is 0.481 e. The number of carboxylic acids is 1. The molecule has 250 valence electrons. The molecule has 3 aliphatic rings. The third-order valence-electron chi connectivity index (χ3n) is 10.1. The first-order chi connectivity index (χ1) is 22.3. The van der Waals surface area contributed by atoms with Crippen molar-refractivity contribution in [1.29, 1.82) is 0 Å². The van der Waals surface area contributed by atoms with Gasteiger partial charge in [0.05, 0.1) is 12.5 Å². The lowest BCUT2D eigenvalue weighted by Gasteiger charge is -2.35. The summed E-state index contributed by atoms with van der Waals surface area (Å²) in [5, 5.41) is 10.6. The van der Waals surface area contributed by atoms with E-state index < -0.39 is 17.9 Å². The van der Waals surface area contributed by atoms with Crippen LogP contribution in [0.5, 0.6) is 11.5 Å². The molecule has 0 radical (unpaired) electrons. The van der Waals surface area contributed by atoms with Crippen molar-refractivity contribution in [3.05, 3.63) is 59.2 Å². The van der Waals surface area contributed by atoms with Gasteiger partial charge in [0.1, 0.15) is 5.78 Å². The summed E-state index contributed by atoms with van der Waals surface area (Å²) >= 11 is 0. The number of ketones is 1. The molecule has 1 unspecified atom stereocenters. The van der Waals surface area contributed by atoms with Crippen molar-refractivity contribution in [2.24, 2.45) is 17.6 Å². The number of Topliss-reactive ketones (excluding diaryl/α,β-unsaturated/α-hetero) is 1. The first-order valence-corrected chi connectivity index (χ1v) is 17.0. The monoisotopic (exact) mass is 634 g/mol. The van der Waals surface area contributed by atoms with Crippen molar-refractivity contribution < 1.29 is 29.0 Å². The second kappa shape index (κ2) is 15.8. The van der Waals surface area contributed by atoms with Crippen molar-refractivity contribution in [2.45, 2.75) is 76.8 Å². The number of amides is 2. The number of carboxylic acid groups (broad SMARTS) is 1. The number of carbonyl (C=O) groups is 3. The molecular formula is C36H50N4O6. The fraction of sp³-hybridized carbons (Fsp3) is 0.583. The van der Waals surface area contributed by atoms with Crippen LogP contribution in [0.15, 0.2) is 42.5 Å². The third-order valence-corrected chi connectivity index (χ3v) is 10.1. The van der Waals surface area contributed by atoms with Gasteiger partial charge in [-0.2, -0.15) is 0 Å². The number of likely N-dealkylation sites (tertiary alicyclic amines) is 1. The van der Waals surface area contributed by atoms with Gasteiger partial charge < -0.3 is 30.1 Å². The van der Waals surface area contributed by atoms with Crippen LogP contribution < -0.4 is 15.2 Å². The molecule has 2 aromatic carbocycles. The van der Waals surface area contributed by atoms with E-state index in [1.54, 1.807) is 11.9 Å². The smallest absolute Gasteiger partial charge is 0.319 e. The lowest BCUT2D eigenvalue weighted by Crippen LogP contribution is -2.49. The molecule has 0 spiro atoms. The Morgan fingerprint density at radius 2 is 1.85 bits per heavy atom. The fourth-order valence-corrected chi connectivity index (χ4v) is 7.45. The molecule has 2 aromatic rings. The number of benzene rings is 2. The molecule has 10 heteroatoms. The van der Waals surface area contributed by atoms with Crippen LogP contribution in [0.2, 0.25) is 0 Å². The number of hydrogen-bond acceptors (Lipinski definition) is 7. The molecule has 3 heterocycles. The quantitative estimate of drug-likeness (QED) is 0.250. The van der Waals surface area contributed by atoms with Gasteiger partial charge in [-0.25, -0.2) is 4.79 Å². The maximum atomic E-state index is 14.1. The predicted octanol–water partition coefficient (Wildman–Crippen LogP) is 4.89. The Morgan fingerprint density at radius 1 is 1.04 bits per heavy atom. The van der Waals surface area contributed by atoms with Gasteiger partial charge in [0.15, 0.2) is 11.5 Å². The number of carbonyl (C=O) groups excluding carboxylic acids is 2. The Morgan fingerprint density at radius 3 is 2.63 bits per heavy atom. The number of unbranched alkanes of at least 4 members (excludes halogenated alkanes) is 2. The maximum Gasteiger partial charge on any atom is 0.319 e. The molecule has 2 amide bonds. The van der Waals surface area contributed by atoms with Crippen LogP contribution in [-0.4, -0.2) is 90.2 Å². The summed E-state index contributed by atoms with van der Waals surface area (Å²) in [7, 11) is 1.80. The standard InChI is InChI=1S/C36H50N4O6/c1-3-4-5-10-27(12-11-25-8-6-9-26(19-25)21-37)31(41)23-40-22-29(28-13-14-32-33(20-28)46-24-45-32)34(35(42)43)30(40)15-18-39-17-7-16-38(2)36(39)44/h6,8-9,13-14,19-20,27,29-30,34H,3-5,7,10-12,15-18,21-24,37H2,1-2H3,(H,42,43)/t27?,29-,30+,34-/m1/s1. The fourth-order valence-electron chi connectivity index (χ4n) is 7.45. The van der Waals surface area contributed by atoms with E-state index >= 15 is 0 Å². The molecule has 2 fully saturated rings. The van der Waals surface area contributed by atoms with E-state index in [2.05, 4.69) is 24.0 Å². The molecule has 5 rings (SSSR count). The van der Waals surface area contributed by atoms with Gasteiger partial charge in [0.25, 0.3) is 0 Å². The Balaban J connectivity index is 1.37. The lowest BCUT2D eigenvalue weighted by atomic mass is 9.84. The minimum Gasteiger partial charge on any atom is -0.481 e. The zero-order chi connectivity index (χ0) is 32.6. The van der Waals surface area contributed by atoms with Gasteiger partial charge in [-0.05, 0) is 60.9 Å². The Labute approximate surface area is 272 Å². The summed E-state index contributed by atoms with van der Waals surface area (Å²) in [5.41, 5.74) is 9.00. The van der Waals surface area contributed by atoms with E-state index in [4.69, 9.17) is 15.2 Å². The van der Waals surface area contributed by atoms with Crippen LogP contribution in [0, 0.1) is 11.8 Å². The minimum absolute atomic E-state index is 0.0271. The van der Waals surface area contributed by atoms with Crippen LogP contribution in [0.1, 0.15) is 74.5 Å². The second-order valence-electron chi connectivity index (χ2n) is 13.1. The summed E-state index contributed by atoms with van der Waals surface area (Å²) in [4.78, 5) is 45.6. The number of fused-ring (bicyclic) bond motifs is 1. The summed E-state index contributed by atoms with van der Waals surface area (Å²) in [6.45, 7) is 5.26. The summed E-state index contributed by atoms with van der Waals surface area (Å²) < 4.78 is 11.1. The van der Waals surface area contributed by atoms with Crippen LogP contribution in [0.25, 0.3) is 0 Å². The first-order valence-electron chi connectivity index (χ1n) is 17.0. The van der Waals surface area contributed by atoms with E-state index in [9.17, 15) is 19.5 Å². The Bertz CT molecular complexity index is 1370. The summed E-state index contributed by atoms with van der Waals surface area (Å²) in [6.07, 6.45) is 6.87. The van der Waals surface area contributed by atoms with E-state index in [1.165, 1.54) is 5.56 Å². The zero-order valence-corrected chi connectivity index (χ0v) is 27.4. The molecule has 0 aromatic heterocycles. The van der Waals surface area contributed by atoms with Crippen molar-refractivity contribution in [3.8, 4) is 11.5 Å². The average molecular weight is 635 g/mol. The van der Waals surface area contributed by atoms with Gasteiger partial charge in [-0.15, -0.1) is 0 Å². The van der Waals surface area contributed by atoms with Crippen molar-refractivity contribution >= 4 is 17.8 Å². The topological polar surface area (TPSA) is 126 Å². The summed E-state index contributed by atoms with van der Waals surface area (Å²) in [5.74, 6) is -0.630. The molecule has 46 heavy (non-hydrogen) atoms. The highest BCUT2D eigenvalue weighted by Crippen LogP contribution is 2.43. The number of hydrogen-bond donors (Lipinski definition) is 2. The van der Waals surface area contributed by atoms with Crippen molar-refractivity contribution in [2.75, 3.05) is 46.6 Å². The van der Waals surface area contributed by atoms with Crippen LogP contribution >= 0.6 is 0 Å². The molecule has 0 bridgehead atoms. The highest BCUT2D eigenvalue weighted by molar-refractivity contribution is 5.83. The van der Waals surface area contributed by atoms with Gasteiger partial charge in [-0.3, -0.25) is 14.5 Å². The number of nitrogens with two attached hydrogens (primary N) is 1.